The Labute approximate surface area is 207 Å². The van der Waals surface area contributed by atoms with E-state index in [0.717, 1.165) is 23.2 Å². The zero-order chi connectivity index (χ0) is 25.5. The Bertz CT molecular complexity index is 1280. The first-order valence-electron chi connectivity index (χ1n) is 11.7. The van der Waals surface area contributed by atoms with Crippen LogP contribution in [0.1, 0.15) is 41.4 Å². The quantitative estimate of drug-likeness (QED) is 0.282. The summed E-state index contributed by atoms with van der Waals surface area (Å²) < 4.78 is 42.5. The predicted molar refractivity (Wildman–Crippen MR) is 132 cm³/mol. The van der Waals surface area contributed by atoms with Gasteiger partial charge >= 0.3 is 6.36 Å². The Hall–Kier alpha value is -4.07. The van der Waals surface area contributed by atoms with E-state index >= 15 is 0 Å². The molecule has 5 nitrogen and oxygen atoms in total. The van der Waals surface area contributed by atoms with Crippen LogP contribution in [0.15, 0.2) is 85.3 Å². The molecule has 186 valence electrons. The maximum atomic E-state index is 12.8. The summed E-state index contributed by atoms with van der Waals surface area (Å²) >= 11 is 0. The maximum absolute atomic E-state index is 12.8. The van der Waals surface area contributed by atoms with Gasteiger partial charge in [-0.25, -0.2) is 4.98 Å². The molecule has 3 aromatic carbocycles. The highest BCUT2D eigenvalue weighted by Gasteiger charge is 2.30. The SMILES string of the molecule is CCCCc1ccc(-c2ccc(-n3cncc3C(=O)NCc3ccc(OC(F)(F)F)cc3)cc2)cc1. The van der Waals surface area contributed by atoms with Crippen LogP contribution in [-0.4, -0.2) is 21.8 Å². The molecule has 1 heterocycles. The van der Waals surface area contributed by atoms with E-state index in [1.54, 1.807) is 10.9 Å². The number of ether oxygens (including phenoxy) is 1. The summed E-state index contributed by atoms with van der Waals surface area (Å²) in [6.45, 7) is 2.33. The monoisotopic (exact) mass is 493 g/mol. The van der Waals surface area contributed by atoms with Gasteiger partial charge in [0.05, 0.1) is 12.5 Å². The van der Waals surface area contributed by atoms with Gasteiger partial charge < -0.3 is 10.1 Å². The molecule has 8 heteroatoms. The lowest BCUT2D eigenvalue weighted by atomic mass is 10.0. The van der Waals surface area contributed by atoms with E-state index in [-0.39, 0.29) is 18.2 Å². The highest BCUT2D eigenvalue weighted by Crippen LogP contribution is 2.24. The van der Waals surface area contributed by atoms with Gasteiger partial charge in [0.15, 0.2) is 0 Å². The predicted octanol–water partition coefficient (Wildman–Crippen LogP) is 6.71. The smallest absolute Gasteiger partial charge is 0.406 e. The van der Waals surface area contributed by atoms with E-state index in [4.69, 9.17) is 0 Å². The van der Waals surface area contributed by atoms with Crippen molar-refractivity contribution in [2.75, 3.05) is 0 Å². The van der Waals surface area contributed by atoms with Crippen molar-refractivity contribution >= 4 is 5.91 Å². The number of aryl methyl sites for hydroxylation is 1. The average molecular weight is 494 g/mol. The van der Waals surface area contributed by atoms with Crippen LogP contribution in [0.4, 0.5) is 13.2 Å². The third kappa shape index (κ3) is 6.53. The summed E-state index contributed by atoms with van der Waals surface area (Å²) in [7, 11) is 0. The second-order valence-corrected chi connectivity index (χ2v) is 8.37. The van der Waals surface area contributed by atoms with Crippen molar-refractivity contribution in [2.24, 2.45) is 0 Å². The molecule has 1 aromatic heterocycles. The Morgan fingerprint density at radius 2 is 1.53 bits per heavy atom. The number of aromatic nitrogens is 2. The summed E-state index contributed by atoms with van der Waals surface area (Å²) in [5.41, 5.74) is 5.29. The van der Waals surface area contributed by atoms with Gasteiger partial charge in [-0.15, -0.1) is 13.2 Å². The van der Waals surface area contributed by atoms with Crippen LogP contribution >= 0.6 is 0 Å². The first-order chi connectivity index (χ1) is 17.3. The van der Waals surface area contributed by atoms with Gasteiger partial charge in [-0.1, -0.05) is 61.9 Å². The number of halogens is 3. The molecule has 0 aliphatic rings. The van der Waals surface area contributed by atoms with Crippen molar-refractivity contribution in [3.63, 3.8) is 0 Å². The molecule has 0 bridgehead atoms. The average Bonchev–Trinajstić information content (AvgIpc) is 3.37. The lowest BCUT2D eigenvalue weighted by Crippen LogP contribution is -2.25. The third-order valence-electron chi connectivity index (χ3n) is 5.73. The van der Waals surface area contributed by atoms with Gasteiger partial charge in [0.2, 0.25) is 0 Å². The zero-order valence-electron chi connectivity index (χ0n) is 19.8. The number of imidazole rings is 1. The number of rotatable bonds is 9. The minimum absolute atomic E-state index is 0.142. The number of nitrogens with zero attached hydrogens (tertiary/aromatic N) is 2. The van der Waals surface area contributed by atoms with Crippen molar-refractivity contribution in [2.45, 2.75) is 39.1 Å². The number of hydrogen-bond donors (Lipinski definition) is 1. The van der Waals surface area contributed by atoms with E-state index in [1.165, 1.54) is 48.9 Å². The van der Waals surface area contributed by atoms with Crippen LogP contribution in [0.25, 0.3) is 16.8 Å². The summed E-state index contributed by atoms with van der Waals surface area (Å²) in [6, 6.07) is 21.8. The van der Waals surface area contributed by atoms with Gasteiger partial charge in [0, 0.05) is 12.2 Å². The maximum Gasteiger partial charge on any atom is 0.573 e. The van der Waals surface area contributed by atoms with E-state index in [2.05, 4.69) is 46.2 Å². The molecule has 0 aliphatic carbocycles. The molecule has 0 radical (unpaired) electrons. The van der Waals surface area contributed by atoms with Crippen molar-refractivity contribution in [1.82, 2.24) is 14.9 Å². The van der Waals surface area contributed by atoms with Crippen LogP contribution < -0.4 is 10.1 Å². The normalized spacial score (nSPS) is 11.3. The lowest BCUT2D eigenvalue weighted by Gasteiger charge is -2.11. The fourth-order valence-corrected chi connectivity index (χ4v) is 3.81. The van der Waals surface area contributed by atoms with Crippen molar-refractivity contribution in [1.29, 1.82) is 0 Å². The number of alkyl halides is 3. The molecule has 0 unspecified atom stereocenters. The summed E-state index contributed by atoms with van der Waals surface area (Å²) in [5, 5.41) is 2.77. The lowest BCUT2D eigenvalue weighted by molar-refractivity contribution is -0.274. The van der Waals surface area contributed by atoms with Gasteiger partial charge in [-0.3, -0.25) is 9.36 Å². The van der Waals surface area contributed by atoms with Gasteiger partial charge in [-0.2, -0.15) is 0 Å². The van der Waals surface area contributed by atoms with Crippen LogP contribution in [0, 0.1) is 0 Å². The van der Waals surface area contributed by atoms with E-state index < -0.39 is 6.36 Å². The molecule has 36 heavy (non-hydrogen) atoms. The molecular weight excluding hydrogens is 467 g/mol. The van der Waals surface area contributed by atoms with E-state index in [0.29, 0.717) is 11.3 Å². The summed E-state index contributed by atoms with van der Waals surface area (Å²) in [6.07, 6.45) is 1.72. The number of unbranched alkanes of at least 4 members (excludes halogenated alkanes) is 1. The van der Waals surface area contributed by atoms with Crippen LogP contribution in [0.5, 0.6) is 5.75 Å². The standard InChI is InChI=1S/C28H26F3N3O2/c1-2-3-4-20-5-9-22(10-6-20)23-11-13-24(14-12-23)34-19-32-18-26(34)27(35)33-17-21-7-15-25(16-8-21)36-28(29,30)31/h5-16,18-19H,2-4,17H2,1H3,(H,33,35). The van der Waals surface area contributed by atoms with Crippen molar-refractivity contribution in [3.8, 4) is 22.6 Å². The summed E-state index contributed by atoms with van der Waals surface area (Å²) in [5.74, 6) is -0.665. The Morgan fingerprint density at radius 3 is 2.14 bits per heavy atom. The second kappa shape index (κ2) is 11.1. The molecule has 1 N–H and O–H groups in total. The molecule has 0 saturated heterocycles. The molecule has 4 aromatic rings. The first-order valence-corrected chi connectivity index (χ1v) is 11.7. The number of benzene rings is 3. The summed E-state index contributed by atoms with van der Waals surface area (Å²) in [4.78, 5) is 16.9. The minimum atomic E-state index is -4.74. The largest absolute Gasteiger partial charge is 0.573 e. The van der Waals surface area contributed by atoms with Crippen molar-refractivity contribution in [3.05, 3.63) is 102 Å². The van der Waals surface area contributed by atoms with E-state index in [9.17, 15) is 18.0 Å². The van der Waals surface area contributed by atoms with E-state index in [1.807, 2.05) is 24.3 Å². The molecule has 0 saturated carbocycles. The van der Waals surface area contributed by atoms with Gasteiger partial charge in [-0.05, 0) is 59.4 Å². The Morgan fingerprint density at radius 1 is 0.917 bits per heavy atom. The van der Waals surface area contributed by atoms with Crippen LogP contribution in [0.2, 0.25) is 0 Å². The molecule has 4 rings (SSSR count). The fourth-order valence-electron chi connectivity index (χ4n) is 3.81. The highest BCUT2D eigenvalue weighted by molar-refractivity contribution is 5.93. The number of carbonyl (C=O) groups excluding carboxylic acids is 1. The third-order valence-corrected chi connectivity index (χ3v) is 5.73. The van der Waals surface area contributed by atoms with Gasteiger partial charge in [0.1, 0.15) is 11.4 Å². The van der Waals surface area contributed by atoms with Crippen LogP contribution in [-0.2, 0) is 13.0 Å². The number of hydrogen-bond acceptors (Lipinski definition) is 3. The number of nitrogens with one attached hydrogen (secondary N) is 1. The second-order valence-electron chi connectivity index (χ2n) is 8.37. The molecule has 0 aliphatic heterocycles. The van der Waals surface area contributed by atoms with Crippen molar-refractivity contribution < 1.29 is 22.7 Å². The molecule has 0 fully saturated rings. The minimum Gasteiger partial charge on any atom is -0.406 e. The zero-order valence-corrected chi connectivity index (χ0v) is 19.8. The highest BCUT2D eigenvalue weighted by atomic mass is 19.4. The van der Waals surface area contributed by atoms with Crippen LogP contribution in [0.3, 0.4) is 0 Å². The number of amides is 1. The molecular formula is C28H26F3N3O2. The molecule has 1 amide bonds. The Balaban J connectivity index is 1.40. The topological polar surface area (TPSA) is 56.2 Å². The Kier molecular flexibility index (Phi) is 7.73. The fraction of sp³-hybridized carbons (Fsp3) is 0.214. The molecule has 0 atom stereocenters. The number of carbonyl (C=O) groups is 1. The first kappa shape index (κ1) is 25.0. The van der Waals surface area contributed by atoms with Gasteiger partial charge in [0.25, 0.3) is 5.91 Å². The molecule has 0 spiro atoms.